The Bertz CT molecular complexity index is 1030. The molecule has 0 fully saturated rings. The minimum absolute atomic E-state index is 0.185. The van der Waals surface area contributed by atoms with Crippen molar-refractivity contribution in [2.24, 2.45) is 0 Å². The quantitative estimate of drug-likeness (QED) is 0.560. The van der Waals surface area contributed by atoms with Crippen molar-refractivity contribution in [3.8, 4) is 22.4 Å². The van der Waals surface area contributed by atoms with Gasteiger partial charge in [0, 0.05) is 24.5 Å². The van der Waals surface area contributed by atoms with Crippen LogP contribution in [0.1, 0.15) is 11.1 Å². The molecule has 0 N–H and O–H groups in total. The molecule has 0 unspecified atom stereocenters. The van der Waals surface area contributed by atoms with Gasteiger partial charge < -0.3 is 4.57 Å². The molecule has 3 heteroatoms. The van der Waals surface area contributed by atoms with E-state index < -0.39 is 0 Å². The molecule has 25 heavy (non-hydrogen) atoms. The van der Waals surface area contributed by atoms with Crippen molar-refractivity contribution in [3.05, 3.63) is 101 Å². The highest BCUT2D eigenvalue weighted by atomic mass is 16.1. The molecule has 2 heterocycles. The van der Waals surface area contributed by atoms with E-state index in [-0.39, 0.29) is 5.56 Å². The van der Waals surface area contributed by atoms with Crippen molar-refractivity contribution in [1.82, 2.24) is 9.55 Å². The van der Waals surface area contributed by atoms with E-state index in [9.17, 15) is 4.79 Å². The largest absolute Gasteiger partial charge is 0.349 e. The molecule has 2 aromatic rings. The molecule has 0 aliphatic carbocycles. The zero-order chi connectivity index (χ0) is 17.2. The Labute approximate surface area is 146 Å². The second kappa shape index (κ2) is 6.36. The summed E-state index contributed by atoms with van der Waals surface area (Å²) >= 11 is 0. The lowest BCUT2D eigenvalue weighted by molar-refractivity contribution is 0.790. The van der Waals surface area contributed by atoms with E-state index >= 15 is 0 Å². The zero-order valence-corrected chi connectivity index (χ0v) is 14.0. The van der Waals surface area contributed by atoms with Crippen LogP contribution in [0.3, 0.4) is 0 Å². The maximum atomic E-state index is 12.5. The highest BCUT2D eigenvalue weighted by molar-refractivity contribution is 5.71. The molecule has 3 nitrogen and oxygen atoms in total. The Kier molecular flexibility index (Phi) is 3.90. The standard InChI is InChI=1S/C22H18N2O/c1-16-7-9-18(10-8-16)21-13-19-11-12-24(15-20(19)22(25)23-21)14-17-5-3-2-4-6-17/h2-13,15H,14H2,1H3. The topological polar surface area (TPSA) is 34.9 Å². The maximum absolute atomic E-state index is 12.5. The second-order valence-electron chi connectivity index (χ2n) is 6.28. The number of rotatable bonds is 3. The first-order valence-electron chi connectivity index (χ1n) is 8.31. The molecule has 0 bridgehead atoms. The van der Waals surface area contributed by atoms with E-state index in [1.165, 1.54) is 11.1 Å². The fourth-order valence-electron chi connectivity index (χ4n) is 2.97. The van der Waals surface area contributed by atoms with E-state index in [4.69, 9.17) is 0 Å². The number of aromatic nitrogens is 2. The van der Waals surface area contributed by atoms with E-state index in [2.05, 4.69) is 17.1 Å². The molecule has 0 amide bonds. The fourth-order valence-corrected chi connectivity index (χ4v) is 2.97. The zero-order valence-electron chi connectivity index (χ0n) is 14.0. The summed E-state index contributed by atoms with van der Waals surface area (Å²) in [7, 11) is 0. The molecule has 0 saturated carbocycles. The Balaban J connectivity index is 1.73. The van der Waals surface area contributed by atoms with Gasteiger partial charge >= 0.3 is 0 Å². The average molecular weight is 326 g/mol. The Morgan fingerprint density at radius 1 is 0.920 bits per heavy atom. The van der Waals surface area contributed by atoms with Crippen LogP contribution in [0.15, 0.2) is 83.9 Å². The molecular formula is C22H18N2O. The van der Waals surface area contributed by atoms with Gasteiger partial charge in [-0.05, 0) is 30.2 Å². The first kappa shape index (κ1) is 15.3. The molecule has 2 aliphatic rings. The first-order valence-corrected chi connectivity index (χ1v) is 8.31. The molecule has 0 radical (unpaired) electrons. The van der Waals surface area contributed by atoms with E-state index in [1.54, 1.807) is 0 Å². The van der Waals surface area contributed by atoms with Gasteiger partial charge in [0.25, 0.3) is 5.56 Å². The molecule has 4 rings (SSSR count). The lowest BCUT2D eigenvalue weighted by Crippen LogP contribution is -2.13. The Morgan fingerprint density at radius 2 is 1.68 bits per heavy atom. The molecule has 0 saturated heterocycles. The van der Waals surface area contributed by atoms with E-state index in [1.807, 2.05) is 78.5 Å². The number of pyridine rings is 2. The van der Waals surface area contributed by atoms with Crippen molar-refractivity contribution in [2.45, 2.75) is 13.5 Å². The number of hydrogen-bond donors (Lipinski definition) is 0. The summed E-state index contributed by atoms with van der Waals surface area (Å²) in [5.41, 5.74) is 5.45. The normalized spacial score (nSPS) is 10.9. The highest BCUT2D eigenvalue weighted by Gasteiger charge is 2.11. The van der Waals surface area contributed by atoms with Gasteiger partial charge in [-0.25, -0.2) is 4.98 Å². The number of nitrogens with zero attached hydrogens (tertiary/aromatic N) is 2. The predicted molar refractivity (Wildman–Crippen MR) is 101 cm³/mol. The summed E-state index contributed by atoms with van der Waals surface area (Å²) < 4.78 is 2.02. The smallest absolute Gasteiger partial charge is 0.279 e. The lowest BCUT2D eigenvalue weighted by atomic mass is 10.0. The van der Waals surface area contributed by atoms with Crippen LogP contribution in [0.25, 0.3) is 22.4 Å². The summed E-state index contributed by atoms with van der Waals surface area (Å²) in [6.07, 6.45) is 3.89. The van der Waals surface area contributed by atoms with Crippen molar-refractivity contribution < 1.29 is 0 Å². The Morgan fingerprint density at radius 3 is 2.44 bits per heavy atom. The molecule has 122 valence electrons. The fraction of sp³-hybridized carbons (Fsp3) is 0.0909. The van der Waals surface area contributed by atoms with Crippen molar-refractivity contribution in [1.29, 1.82) is 0 Å². The summed E-state index contributed by atoms with van der Waals surface area (Å²) in [4.78, 5) is 16.8. The minimum atomic E-state index is -0.185. The van der Waals surface area contributed by atoms with Crippen LogP contribution in [0.4, 0.5) is 0 Å². The summed E-state index contributed by atoms with van der Waals surface area (Å²) in [5, 5.41) is 0. The molecule has 0 atom stereocenters. The monoisotopic (exact) mass is 326 g/mol. The molecule has 2 aliphatic heterocycles. The summed E-state index contributed by atoms with van der Waals surface area (Å²) in [6.45, 7) is 2.78. The van der Waals surface area contributed by atoms with Gasteiger partial charge in [0.15, 0.2) is 0 Å². The molecule has 0 aromatic heterocycles. The molecular weight excluding hydrogens is 308 g/mol. The van der Waals surface area contributed by atoms with Crippen molar-refractivity contribution >= 4 is 0 Å². The number of aryl methyl sites for hydroxylation is 1. The van der Waals surface area contributed by atoms with Crippen LogP contribution in [0.5, 0.6) is 0 Å². The number of benzene rings is 2. The van der Waals surface area contributed by atoms with Crippen LogP contribution >= 0.6 is 0 Å². The van der Waals surface area contributed by atoms with Gasteiger partial charge in [-0.2, -0.15) is 0 Å². The van der Waals surface area contributed by atoms with Crippen LogP contribution in [-0.2, 0) is 6.54 Å². The lowest BCUT2D eigenvalue weighted by Gasteiger charge is -2.12. The Hall–Kier alpha value is -3.20. The third-order valence-corrected chi connectivity index (χ3v) is 4.35. The average Bonchev–Trinajstić information content (AvgIpc) is 2.63. The van der Waals surface area contributed by atoms with Gasteiger partial charge in [-0.3, -0.25) is 4.79 Å². The first-order chi connectivity index (χ1) is 12.2. The van der Waals surface area contributed by atoms with Crippen molar-refractivity contribution in [2.75, 3.05) is 0 Å². The third kappa shape index (κ3) is 3.22. The molecule has 0 spiro atoms. The van der Waals surface area contributed by atoms with Crippen LogP contribution in [0.2, 0.25) is 0 Å². The van der Waals surface area contributed by atoms with Gasteiger partial charge in [0.1, 0.15) is 0 Å². The third-order valence-electron chi connectivity index (χ3n) is 4.35. The number of hydrogen-bond acceptors (Lipinski definition) is 2. The second-order valence-corrected chi connectivity index (χ2v) is 6.28. The van der Waals surface area contributed by atoms with Crippen LogP contribution in [-0.4, -0.2) is 9.55 Å². The van der Waals surface area contributed by atoms with E-state index in [0.717, 1.165) is 23.4 Å². The molecule has 2 aromatic carbocycles. The van der Waals surface area contributed by atoms with Gasteiger partial charge in [-0.1, -0.05) is 60.2 Å². The SMILES string of the molecule is Cc1ccc(-c2cc3ccn(Cc4ccccc4)cc-3c(=O)n2)cc1. The number of fused-ring (bicyclic) bond motifs is 1. The maximum Gasteiger partial charge on any atom is 0.279 e. The van der Waals surface area contributed by atoms with Crippen LogP contribution < -0.4 is 5.56 Å². The van der Waals surface area contributed by atoms with Gasteiger partial charge in [0.05, 0.1) is 11.3 Å². The predicted octanol–water partition coefficient (Wildman–Crippen LogP) is 4.37. The van der Waals surface area contributed by atoms with Crippen LogP contribution in [0, 0.1) is 6.92 Å². The van der Waals surface area contributed by atoms with Gasteiger partial charge in [0.2, 0.25) is 0 Å². The van der Waals surface area contributed by atoms with E-state index in [0.29, 0.717) is 5.56 Å². The minimum Gasteiger partial charge on any atom is -0.349 e. The summed E-state index contributed by atoms with van der Waals surface area (Å²) in [5.74, 6) is 0. The summed E-state index contributed by atoms with van der Waals surface area (Å²) in [6, 6.07) is 22.2. The van der Waals surface area contributed by atoms with Gasteiger partial charge in [-0.15, -0.1) is 0 Å². The van der Waals surface area contributed by atoms with Crippen molar-refractivity contribution in [3.63, 3.8) is 0 Å². The highest BCUT2D eigenvalue weighted by Crippen LogP contribution is 2.24.